The molecule has 3 unspecified atom stereocenters. The van der Waals surface area contributed by atoms with Crippen LogP contribution in [0.25, 0.3) is 0 Å². The van der Waals surface area contributed by atoms with Crippen LogP contribution in [0.5, 0.6) is 0 Å². The van der Waals surface area contributed by atoms with Gasteiger partial charge in [0.1, 0.15) is 5.60 Å². The molecule has 3 atom stereocenters. The second-order valence-corrected chi connectivity index (χ2v) is 7.99. The number of nitrogens with zero attached hydrogens (tertiary/aromatic N) is 3. The van der Waals surface area contributed by atoms with E-state index in [0.717, 1.165) is 13.0 Å². The highest BCUT2D eigenvalue weighted by atomic mass is 16.3. The number of likely N-dealkylation sites (tertiary alicyclic amines) is 2. The lowest BCUT2D eigenvalue weighted by Gasteiger charge is -2.47. The van der Waals surface area contributed by atoms with E-state index in [4.69, 9.17) is 11.5 Å². The summed E-state index contributed by atoms with van der Waals surface area (Å²) in [4.78, 5) is 21.4. The maximum atomic E-state index is 13.1. The average molecular weight is 386 g/mol. The molecule has 1 amide bonds. The van der Waals surface area contributed by atoms with Gasteiger partial charge >= 0.3 is 0 Å². The maximum Gasteiger partial charge on any atom is 0.227 e. The Balaban J connectivity index is 1.67. The van der Waals surface area contributed by atoms with Crippen molar-refractivity contribution in [1.82, 2.24) is 14.8 Å². The predicted molar refractivity (Wildman–Crippen MR) is 108 cm³/mol. The highest BCUT2D eigenvalue weighted by Gasteiger charge is 2.48. The smallest absolute Gasteiger partial charge is 0.227 e. The third kappa shape index (κ3) is 3.71. The number of piperidine rings is 1. The van der Waals surface area contributed by atoms with Gasteiger partial charge < -0.3 is 26.4 Å². The van der Waals surface area contributed by atoms with Crippen molar-refractivity contribution in [2.24, 2.45) is 29.2 Å². The van der Waals surface area contributed by atoms with Crippen LogP contribution in [0.2, 0.25) is 0 Å². The van der Waals surface area contributed by atoms with Crippen LogP contribution in [0, 0.1) is 17.8 Å². The number of nitrogens with two attached hydrogens (primary N) is 2. The fourth-order valence-electron chi connectivity index (χ4n) is 4.50. The quantitative estimate of drug-likeness (QED) is 0.667. The fraction of sp³-hybridized carbons (Fsp3) is 0.524. The van der Waals surface area contributed by atoms with Gasteiger partial charge in [-0.1, -0.05) is 19.9 Å². The highest BCUT2D eigenvalue weighted by molar-refractivity contribution is 5.79. The van der Waals surface area contributed by atoms with E-state index in [1.165, 1.54) is 6.20 Å². The van der Waals surface area contributed by atoms with Crippen LogP contribution in [-0.4, -0.2) is 52.0 Å². The van der Waals surface area contributed by atoms with Crippen molar-refractivity contribution < 1.29 is 9.90 Å². The molecule has 5 N–H and O–H groups in total. The zero-order valence-electron chi connectivity index (χ0n) is 16.7. The summed E-state index contributed by atoms with van der Waals surface area (Å²) >= 11 is 0. The Morgan fingerprint density at radius 1 is 1.25 bits per heavy atom. The van der Waals surface area contributed by atoms with E-state index in [1.54, 1.807) is 18.3 Å². The van der Waals surface area contributed by atoms with Crippen LogP contribution in [0.3, 0.4) is 0 Å². The molecule has 2 aliphatic rings. The standard InChI is InChI=1S/C21H31N5O2/c1-15-12-26(13-16(2)21(15,28)18-6-3-4-10-24-18)20(27)17-8-11-25(14-17)19(23)7-5-9-22/h3-7,9-10,15-17,28H,8,11-14,22-23H2,1-2H3/b9-5-,19-7+. The number of pyridine rings is 1. The van der Waals surface area contributed by atoms with Crippen molar-refractivity contribution in [1.29, 1.82) is 0 Å². The topological polar surface area (TPSA) is 109 Å². The van der Waals surface area contributed by atoms with Gasteiger partial charge in [-0.2, -0.15) is 0 Å². The van der Waals surface area contributed by atoms with Crippen LogP contribution < -0.4 is 11.5 Å². The summed E-state index contributed by atoms with van der Waals surface area (Å²) in [6.07, 6.45) is 7.37. The Hall–Kier alpha value is -2.54. The monoisotopic (exact) mass is 385 g/mol. The van der Waals surface area contributed by atoms with Crippen molar-refractivity contribution in [2.75, 3.05) is 26.2 Å². The SMILES string of the molecule is CC1CN(C(=O)C2CCN(/C(N)=C/C=C\N)C2)CC(C)C1(O)c1ccccn1. The summed E-state index contributed by atoms with van der Waals surface area (Å²) in [6, 6.07) is 5.60. The van der Waals surface area contributed by atoms with E-state index in [1.807, 2.05) is 41.8 Å². The number of aromatic nitrogens is 1. The number of rotatable bonds is 4. The van der Waals surface area contributed by atoms with Crippen molar-refractivity contribution in [3.05, 3.63) is 54.3 Å². The summed E-state index contributed by atoms with van der Waals surface area (Å²) in [7, 11) is 0. The molecular weight excluding hydrogens is 354 g/mol. The van der Waals surface area contributed by atoms with Gasteiger partial charge in [0.15, 0.2) is 0 Å². The van der Waals surface area contributed by atoms with E-state index in [-0.39, 0.29) is 23.7 Å². The minimum atomic E-state index is -1.03. The molecule has 7 nitrogen and oxygen atoms in total. The Kier molecular flexibility index (Phi) is 5.93. The zero-order valence-corrected chi connectivity index (χ0v) is 16.7. The molecule has 0 saturated carbocycles. The first-order valence-corrected chi connectivity index (χ1v) is 9.89. The molecule has 0 aliphatic carbocycles. The normalized spacial score (nSPS) is 31.5. The van der Waals surface area contributed by atoms with Crippen LogP contribution in [0.1, 0.15) is 26.0 Å². The molecule has 2 aliphatic heterocycles. The molecule has 0 aromatic carbocycles. The van der Waals surface area contributed by atoms with Gasteiger partial charge in [-0.05, 0) is 36.9 Å². The van der Waals surface area contributed by atoms with Crippen LogP contribution >= 0.6 is 0 Å². The van der Waals surface area contributed by atoms with Gasteiger partial charge in [0.25, 0.3) is 0 Å². The average Bonchev–Trinajstić information content (AvgIpc) is 3.20. The lowest BCUT2D eigenvalue weighted by molar-refractivity contribution is -0.153. The zero-order chi connectivity index (χ0) is 20.3. The van der Waals surface area contributed by atoms with Crippen LogP contribution in [0.15, 0.2) is 48.6 Å². The molecule has 2 fully saturated rings. The Morgan fingerprint density at radius 2 is 1.96 bits per heavy atom. The molecule has 0 spiro atoms. The molecule has 0 bridgehead atoms. The molecule has 152 valence electrons. The molecule has 3 heterocycles. The van der Waals surface area contributed by atoms with Gasteiger partial charge in [0.2, 0.25) is 5.91 Å². The number of hydrogen-bond donors (Lipinski definition) is 3. The van der Waals surface area contributed by atoms with Crippen molar-refractivity contribution in [3.63, 3.8) is 0 Å². The lowest BCUT2D eigenvalue weighted by atomic mass is 9.72. The molecule has 2 saturated heterocycles. The molecule has 0 radical (unpaired) electrons. The summed E-state index contributed by atoms with van der Waals surface area (Å²) in [6.45, 7) is 6.40. The predicted octanol–water partition coefficient (Wildman–Crippen LogP) is 0.978. The second-order valence-electron chi connectivity index (χ2n) is 7.99. The molecule has 1 aromatic heterocycles. The van der Waals surface area contributed by atoms with Gasteiger partial charge in [0, 0.05) is 44.2 Å². The van der Waals surface area contributed by atoms with E-state index in [2.05, 4.69) is 4.98 Å². The number of amides is 1. The first kappa shape index (κ1) is 20.2. The fourth-order valence-corrected chi connectivity index (χ4v) is 4.50. The van der Waals surface area contributed by atoms with E-state index < -0.39 is 5.60 Å². The molecule has 28 heavy (non-hydrogen) atoms. The number of hydrogen-bond acceptors (Lipinski definition) is 6. The van der Waals surface area contributed by atoms with E-state index in [9.17, 15) is 9.90 Å². The molecule has 7 heteroatoms. The Labute approximate surface area is 166 Å². The summed E-state index contributed by atoms with van der Waals surface area (Å²) in [5.41, 5.74) is 11.1. The molecular formula is C21H31N5O2. The van der Waals surface area contributed by atoms with Crippen molar-refractivity contribution >= 4 is 5.91 Å². The summed E-state index contributed by atoms with van der Waals surface area (Å²) in [5, 5.41) is 11.4. The van der Waals surface area contributed by atoms with Crippen LogP contribution in [-0.2, 0) is 10.4 Å². The van der Waals surface area contributed by atoms with Crippen molar-refractivity contribution in [3.8, 4) is 0 Å². The maximum absolute atomic E-state index is 13.1. The molecule has 1 aromatic rings. The first-order valence-electron chi connectivity index (χ1n) is 9.89. The second kappa shape index (κ2) is 8.22. The Bertz CT molecular complexity index is 736. The van der Waals surface area contributed by atoms with Crippen molar-refractivity contribution in [2.45, 2.75) is 25.9 Å². The largest absolute Gasteiger partial charge is 0.405 e. The van der Waals surface area contributed by atoms with Gasteiger partial charge in [0.05, 0.1) is 17.4 Å². The van der Waals surface area contributed by atoms with E-state index in [0.29, 0.717) is 31.1 Å². The minimum absolute atomic E-state index is 0.0748. The van der Waals surface area contributed by atoms with Gasteiger partial charge in [-0.15, -0.1) is 0 Å². The third-order valence-electron chi connectivity index (χ3n) is 6.16. The Morgan fingerprint density at radius 3 is 2.57 bits per heavy atom. The summed E-state index contributed by atoms with van der Waals surface area (Å²) < 4.78 is 0. The van der Waals surface area contributed by atoms with Gasteiger partial charge in [-0.3, -0.25) is 9.78 Å². The number of allylic oxidation sites excluding steroid dienone is 2. The third-order valence-corrected chi connectivity index (χ3v) is 6.16. The van der Waals surface area contributed by atoms with E-state index >= 15 is 0 Å². The summed E-state index contributed by atoms with van der Waals surface area (Å²) in [5.74, 6) is 0.488. The number of carbonyl (C=O) groups excluding carboxylic acids is 1. The van der Waals surface area contributed by atoms with Crippen LogP contribution in [0.4, 0.5) is 0 Å². The first-order chi connectivity index (χ1) is 13.4. The van der Waals surface area contributed by atoms with Gasteiger partial charge in [-0.25, -0.2) is 0 Å². The number of aliphatic hydroxyl groups is 1. The molecule has 3 rings (SSSR count). The highest BCUT2D eigenvalue weighted by Crippen LogP contribution is 2.40. The minimum Gasteiger partial charge on any atom is -0.405 e. The number of carbonyl (C=O) groups is 1. The lowest BCUT2D eigenvalue weighted by Crippen LogP contribution is -2.57.